The average molecular weight is 420 g/mol. The number of rotatable bonds is 6. The monoisotopic (exact) mass is 419 g/mol. The fourth-order valence-electron chi connectivity index (χ4n) is 2.00. The molecule has 0 saturated heterocycles. The summed E-state index contributed by atoms with van der Waals surface area (Å²) in [4.78, 5) is 35.6. The summed E-state index contributed by atoms with van der Waals surface area (Å²) >= 11 is 3.27. The van der Waals surface area contributed by atoms with E-state index in [0.717, 1.165) is 4.47 Å². The van der Waals surface area contributed by atoms with Crippen molar-refractivity contribution in [2.75, 3.05) is 13.2 Å². The summed E-state index contributed by atoms with van der Waals surface area (Å²) in [6.07, 6.45) is 0. The fourth-order valence-corrected chi connectivity index (χ4v) is 2.40. The molecule has 0 atom stereocenters. The van der Waals surface area contributed by atoms with Crippen molar-refractivity contribution in [2.24, 2.45) is 0 Å². The number of hydrazine groups is 1. The van der Waals surface area contributed by atoms with E-state index in [-0.39, 0.29) is 12.5 Å². The fraction of sp³-hybridized carbons (Fsp3) is 0.167. The van der Waals surface area contributed by atoms with Gasteiger partial charge in [-0.05, 0) is 49.4 Å². The van der Waals surface area contributed by atoms with Crippen LogP contribution in [0.5, 0.6) is 5.75 Å². The number of amides is 3. The minimum atomic E-state index is -0.548. The average Bonchev–Trinajstić information content (AvgIpc) is 2.65. The molecule has 136 valence electrons. The number of hydrogen-bond donors (Lipinski definition) is 3. The van der Waals surface area contributed by atoms with Crippen molar-refractivity contribution in [1.29, 1.82) is 0 Å². The number of benzene rings is 2. The number of carbonyl (C=O) groups excluding carboxylic acids is 3. The highest BCUT2D eigenvalue weighted by Crippen LogP contribution is 2.12. The highest BCUT2D eigenvalue weighted by Gasteiger charge is 2.10. The minimum absolute atomic E-state index is 0.269. The predicted molar refractivity (Wildman–Crippen MR) is 99.7 cm³/mol. The lowest BCUT2D eigenvalue weighted by Crippen LogP contribution is -2.46. The minimum Gasteiger partial charge on any atom is -0.494 e. The van der Waals surface area contributed by atoms with Crippen LogP contribution in [-0.4, -0.2) is 30.9 Å². The zero-order chi connectivity index (χ0) is 18.9. The molecular weight excluding hydrogens is 402 g/mol. The normalized spacial score (nSPS) is 9.92. The molecule has 7 nitrogen and oxygen atoms in total. The third-order valence-corrected chi connectivity index (χ3v) is 3.73. The first-order valence-electron chi connectivity index (χ1n) is 7.85. The summed E-state index contributed by atoms with van der Waals surface area (Å²) in [7, 11) is 0. The van der Waals surface area contributed by atoms with Crippen molar-refractivity contribution < 1.29 is 19.1 Å². The van der Waals surface area contributed by atoms with E-state index in [1.54, 1.807) is 48.5 Å². The van der Waals surface area contributed by atoms with Gasteiger partial charge < -0.3 is 10.1 Å². The van der Waals surface area contributed by atoms with Crippen LogP contribution in [0, 0.1) is 0 Å². The van der Waals surface area contributed by atoms with Crippen LogP contribution >= 0.6 is 15.9 Å². The van der Waals surface area contributed by atoms with Gasteiger partial charge in [-0.15, -0.1) is 0 Å². The summed E-state index contributed by atoms with van der Waals surface area (Å²) in [5.41, 5.74) is 5.32. The number of carbonyl (C=O) groups is 3. The molecule has 0 aromatic heterocycles. The van der Waals surface area contributed by atoms with Gasteiger partial charge in [0.15, 0.2) is 0 Å². The first-order chi connectivity index (χ1) is 12.5. The molecule has 0 unspecified atom stereocenters. The molecule has 0 aliphatic rings. The molecule has 3 N–H and O–H groups in total. The Bertz CT molecular complexity index is 793. The van der Waals surface area contributed by atoms with Crippen molar-refractivity contribution in [3.8, 4) is 5.75 Å². The van der Waals surface area contributed by atoms with Gasteiger partial charge in [-0.1, -0.05) is 22.0 Å². The Kier molecular flexibility index (Phi) is 7.16. The van der Waals surface area contributed by atoms with Crippen LogP contribution in [0.2, 0.25) is 0 Å². The molecule has 3 amide bonds. The molecular formula is C18H18BrN3O4. The Morgan fingerprint density at radius 2 is 1.69 bits per heavy atom. The lowest BCUT2D eigenvalue weighted by Gasteiger charge is -2.09. The topological polar surface area (TPSA) is 96.5 Å². The maximum Gasteiger partial charge on any atom is 0.269 e. The summed E-state index contributed by atoms with van der Waals surface area (Å²) < 4.78 is 6.05. The van der Waals surface area contributed by atoms with Crippen LogP contribution in [0.25, 0.3) is 0 Å². The van der Waals surface area contributed by atoms with E-state index in [1.807, 2.05) is 6.92 Å². The van der Waals surface area contributed by atoms with Crippen LogP contribution in [0.15, 0.2) is 53.0 Å². The molecule has 0 heterocycles. The van der Waals surface area contributed by atoms with Gasteiger partial charge in [-0.2, -0.15) is 0 Å². The largest absolute Gasteiger partial charge is 0.494 e. The van der Waals surface area contributed by atoms with Crippen LogP contribution < -0.4 is 20.9 Å². The molecule has 2 aromatic rings. The van der Waals surface area contributed by atoms with Crippen molar-refractivity contribution in [2.45, 2.75) is 6.92 Å². The predicted octanol–water partition coefficient (Wildman–Crippen LogP) is 2.04. The van der Waals surface area contributed by atoms with Crippen LogP contribution in [0.3, 0.4) is 0 Å². The smallest absolute Gasteiger partial charge is 0.269 e. The van der Waals surface area contributed by atoms with E-state index in [4.69, 9.17) is 4.74 Å². The third-order valence-electron chi connectivity index (χ3n) is 3.24. The summed E-state index contributed by atoms with van der Waals surface area (Å²) in [5, 5.41) is 2.47. The lowest BCUT2D eigenvalue weighted by molar-refractivity contribution is -0.120. The lowest BCUT2D eigenvalue weighted by atomic mass is 10.2. The van der Waals surface area contributed by atoms with Crippen molar-refractivity contribution in [1.82, 2.24) is 16.2 Å². The first-order valence-corrected chi connectivity index (χ1v) is 8.64. The van der Waals surface area contributed by atoms with Gasteiger partial charge in [-0.3, -0.25) is 25.2 Å². The van der Waals surface area contributed by atoms with Crippen molar-refractivity contribution >= 4 is 33.7 Å². The van der Waals surface area contributed by atoms with Gasteiger partial charge in [0.25, 0.3) is 17.7 Å². The molecule has 0 saturated carbocycles. The highest BCUT2D eigenvalue weighted by atomic mass is 79.9. The molecule has 2 rings (SSSR count). The van der Waals surface area contributed by atoms with Gasteiger partial charge in [0.05, 0.1) is 13.2 Å². The van der Waals surface area contributed by atoms with Crippen molar-refractivity contribution in [3.05, 3.63) is 64.1 Å². The van der Waals surface area contributed by atoms with Gasteiger partial charge in [0.1, 0.15) is 5.75 Å². The Hall–Kier alpha value is -2.87. The Morgan fingerprint density at radius 1 is 0.962 bits per heavy atom. The van der Waals surface area contributed by atoms with Crippen LogP contribution in [-0.2, 0) is 4.79 Å². The third kappa shape index (κ3) is 5.89. The maximum atomic E-state index is 12.0. The number of hydrogen-bond acceptors (Lipinski definition) is 4. The zero-order valence-electron chi connectivity index (χ0n) is 14.0. The van der Waals surface area contributed by atoms with E-state index >= 15 is 0 Å². The molecule has 0 fully saturated rings. The maximum absolute atomic E-state index is 12.0. The summed E-state index contributed by atoms with van der Waals surface area (Å²) in [6, 6.07) is 13.3. The van der Waals surface area contributed by atoms with E-state index in [1.165, 1.54) is 0 Å². The standard InChI is InChI=1S/C18H18BrN3O4/c1-2-26-15-8-6-12(7-9-15)18(25)22-21-16(23)11-20-17(24)13-4-3-5-14(19)10-13/h3-10H,2,11H2,1H3,(H,20,24)(H,21,23)(H,22,25). The van der Waals surface area contributed by atoms with Crippen LogP contribution in [0.4, 0.5) is 0 Å². The number of nitrogens with one attached hydrogen (secondary N) is 3. The second-order valence-electron chi connectivity index (χ2n) is 5.15. The van der Waals surface area contributed by atoms with Gasteiger partial charge in [0.2, 0.25) is 0 Å². The molecule has 26 heavy (non-hydrogen) atoms. The van der Waals surface area contributed by atoms with E-state index < -0.39 is 11.8 Å². The molecule has 0 aliphatic carbocycles. The number of halogens is 1. The summed E-state index contributed by atoms with van der Waals surface area (Å²) in [6.45, 7) is 2.13. The SMILES string of the molecule is CCOc1ccc(C(=O)NNC(=O)CNC(=O)c2cccc(Br)c2)cc1. The molecule has 8 heteroatoms. The Labute approximate surface area is 159 Å². The van der Waals surface area contributed by atoms with E-state index in [2.05, 4.69) is 32.1 Å². The molecule has 2 aromatic carbocycles. The number of ether oxygens (including phenoxy) is 1. The van der Waals surface area contributed by atoms with Crippen molar-refractivity contribution in [3.63, 3.8) is 0 Å². The highest BCUT2D eigenvalue weighted by molar-refractivity contribution is 9.10. The molecule has 0 bridgehead atoms. The quantitative estimate of drug-likeness (QED) is 0.624. The molecule has 0 radical (unpaired) electrons. The van der Waals surface area contributed by atoms with Crippen LogP contribution in [0.1, 0.15) is 27.6 Å². The summed E-state index contributed by atoms with van der Waals surface area (Å²) in [5.74, 6) is -0.755. The van der Waals surface area contributed by atoms with E-state index in [0.29, 0.717) is 23.5 Å². The Morgan fingerprint density at radius 3 is 2.35 bits per heavy atom. The molecule has 0 spiro atoms. The zero-order valence-corrected chi connectivity index (χ0v) is 15.6. The second kappa shape index (κ2) is 9.57. The van der Waals surface area contributed by atoms with Gasteiger partial charge >= 0.3 is 0 Å². The van der Waals surface area contributed by atoms with Gasteiger partial charge in [0, 0.05) is 15.6 Å². The van der Waals surface area contributed by atoms with Gasteiger partial charge in [-0.25, -0.2) is 0 Å². The molecule has 0 aliphatic heterocycles. The Balaban J connectivity index is 1.77. The van der Waals surface area contributed by atoms with E-state index in [9.17, 15) is 14.4 Å². The first kappa shape index (κ1) is 19.5. The second-order valence-corrected chi connectivity index (χ2v) is 6.07.